The van der Waals surface area contributed by atoms with Crippen LogP contribution in [0.5, 0.6) is 0 Å². The number of carbonyl (C=O) groups is 1. The number of carbonyl (C=O) groups excluding carboxylic acids is 1. The molecule has 1 aliphatic rings. The maximum absolute atomic E-state index is 12.2. The Morgan fingerprint density at radius 3 is 2.62 bits per heavy atom. The Balaban J connectivity index is 1.96. The van der Waals surface area contributed by atoms with Crippen LogP contribution in [0.15, 0.2) is 12.4 Å². The number of hydrogen-bond donors (Lipinski definition) is 0. The van der Waals surface area contributed by atoms with Crippen LogP contribution in [-0.4, -0.2) is 47.5 Å². The standard InChI is InChI=1S/C16H26N4O/c1-4-5-8-19(3)16(21)14-11-18-15(12-17-14)20-9-6-13(2)7-10-20/h11-13H,4-10H2,1-3H3. The lowest BCUT2D eigenvalue weighted by Crippen LogP contribution is -2.34. The van der Waals surface area contributed by atoms with E-state index in [0.29, 0.717) is 5.69 Å². The zero-order chi connectivity index (χ0) is 15.2. The summed E-state index contributed by atoms with van der Waals surface area (Å²) in [6, 6.07) is 0. The van der Waals surface area contributed by atoms with Crippen LogP contribution in [0.25, 0.3) is 0 Å². The van der Waals surface area contributed by atoms with Crippen molar-refractivity contribution in [3.05, 3.63) is 18.1 Å². The first-order valence-electron chi connectivity index (χ1n) is 7.94. The van der Waals surface area contributed by atoms with Gasteiger partial charge in [0.15, 0.2) is 0 Å². The number of piperidine rings is 1. The summed E-state index contributed by atoms with van der Waals surface area (Å²) in [5, 5.41) is 0. The van der Waals surface area contributed by atoms with E-state index in [1.807, 2.05) is 7.05 Å². The molecule has 1 saturated heterocycles. The average molecular weight is 290 g/mol. The molecule has 0 spiro atoms. The number of anilines is 1. The molecule has 21 heavy (non-hydrogen) atoms. The molecular formula is C16H26N4O. The maximum Gasteiger partial charge on any atom is 0.273 e. The lowest BCUT2D eigenvalue weighted by atomic mass is 9.99. The first kappa shape index (κ1) is 15.7. The molecule has 0 atom stereocenters. The van der Waals surface area contributed by atoms with Gasteiger partial charge >= 0.3 is 0 Å². The highest BCUT2D eigenvalue weighted by molar-refractivity contribution is 5.91. The van der Waals surface area contributed by atoms with E-state index < -0.39 is 0 Å². The van der Waals surface area contributed by atoms with Crippen molar-refractivity contribution < 1.29 is 4.79 Å². The normalized spacial score (nSPS) is 16.0. The fraction of sp³-hybridized carbons (Fsp3) is 0.688. The highest BCUT2D eigenvalue weighted by Crippen LogP contribution is 2.20. The molecule has 1 aliphatic heterocycles. The van der Waals surface area contributed by atoms with Crippen molar-refractivity contribution >= 4 is 11.7 Å². The van der Waals surface area contributed by atoms with Crippen LogP contribution >= 0.6 is 0 Å². The van der Waals surface area contributed by atoms with Crippen LogP contribution in [0.2, 0.25) is 0 Å². The molecule has 0 unspecified atom stereocenters. The van der Waals surface area contributed by atoms with Crippen LogP contribution in [-0.2, 0) is 0 Å². The Morgan fingerprint density at radius 1 is 1.33 bits per heavy atom. The monoisotopic (exact) mass is 290 g/mol. The molecule has 0 aromatic carbocycles. The van der Waals surface area contributed by atoms with E-state index in [1.165, 1.54) is 12.8 Å². The zero-order valence-corrected chi connectivity index (χ0v) is 13.4. The average Bonchev–Trinajstić information content (AvgIpc) is 2.53. The summed E-state index contributed by atoms with van der Waals surface area (Å²) in [5.41, 5.74) is 0.433. The number of rotatable bonds is 5. The van der Waals surface area contributed by atoms with Gasteiger partial charge in [0.25, 0.3) is 5.91 Å². The van der Waals surface area contributed by atoms with E-state index in [-0.39, 0.29) is 5.91 Å². The lowest BCUT2D eigenvalue weighted by molar-refractivity contribution is 0.0787. The van der Waals surface area contributed by atoms with Crippen LogP contribution in [0.1, 0.15) is 50.0 Å². The minimum atomic E-state index is -0.0465. The highest BCUT2D eigenvalue weighted by atomic mass is 16.2. The Kier molecular flexibility index (Phi) is 5.53. The van der Waals surface area contributed by atoms with E-state index >= 15 is 0 Å². The molecule has 5 heteroatoms. The molecule has 1 aromatic rings. The van der Waals surface area contributed by atoms with Gasteiger partial charge in [-0.05, 0) is 25.2 Å². The summed E-state index contributed by atoms with van der Waals surface area (Å²) in [6.45, 7) is 7.23. The summed E-state index contributed by atoms with van der Waals surface area (Å²) in [6.07, 6.45) is 7.83. The number of amides is 1. The van der Waals surface area contributed by atoms with Gasteiger partial charge in [0, 0.05) is 26.7 Å². The molecule has 1 aromatic heterocycles. The molecule has 2 heterocycles. The molecular weight excluding hydrogens is 264 g/mol. The first-order valence-corrected chi connectivity index (χ1v) is 7.94. The SMILES string of the molecule is CCCCN(C)C(=O)c1cnc(N2CCC(C)CC2)cn1. The van der Waals surface area contributed by atoms with E-state index in [0.717, 1.165) is 44.2 Å². The number of aromatic nitrogens is 2. The van der Waals surface area contributed by atoms with Gasteiger partial charge in [0.05, 0.1) is 12.4 Å². The first-order chi connectivity index (χ1) is 10.1. The molecule has 0 radical (unpaired) electrons. The van der Waals surface area contributed by atoms with Gasteiger partial charge in [-0.2, -0.15) is 0 Å². The summed E-state index contributed by atoms with van der Waals surface area (Å²) in [4.78, 5) is 24.9. The van der Waals surface area contributed by atoms with Crippen LogP contribution in [0, 0.1) is 5.92 Å². The molecule has 5 nitrogen and oxygen atoms in total. The quantitative estimate of drug-likeness (QED) is 0.836. The van der Waals surface area contributed by atoms with Gasteiger partial charge in [0.1, 0.15) is 11.5 Å². The fourth-order valence-electron chi connectivity index (χ4n) is 2.53. The van der Waals surface area contributed by atoms with Gasteiger partial charge in [-0.1, -0.05) is 20.3 Å². The van der Waals surface area contributed by atoms with E-state index in [1.54, 1.807) is 17.3 Å². The van der Waals surface area contributed by atoms with Crippen LogP contribution in [0.3, 0.4) is 0 Å². The second kappa shape index (κ2) is 7.38. The van der Waals surface area contributed by atoms with Crippen molar-refractivity contribution in [1.82, 2.24) is 14.9 Å². The van der Waals surface area contributed by atoms with E-state index in [4.69, 9.17) is 0 Å². The Labute approximate surface area is 127 Å². The third kappa shape index (κ3) is 4.16. The fourth-order valence-corrected chi connectivity index (χ4v) is 2.53. The van der Waals surface area contributed by atoms with Gasteiger partial charge < -0.3 is 9.80 Å². The van der Waals surface area contributed by atoms with Crippen molar-refractivity contribution in [3.63, 3.8) is 0 Å². The number of nitrogens with zero attached hydrogens (tertiary/aromatic N) is 4. The van der Waals surface area contributed by atoms with E-state index in [9.17, 15) is 4.79 Å². The topological polar surface area (TPSA) is 49.3 Å². The van der Waals surface area contributed by atoms with Crippen molar-refractivity contribution in [3.8, 4) is 0 Å². The van der Waals surface area contributed by atoms with Crippen molar-refractivity contribution in [2.24, 2.45) is 5.92 Å². The van der Waals surface area contributed by atoms with Crippen LogP contribution in [0.4, 0.5) is 5.82 Å². The highest BCUT2D eigenvalue weighted by Gasteiger charge is 2.18. The minimum absolute atomic E-state index is 0.0465. The molecule has 0 saturated carbocycles. The summed E-state index contributed by atoms with van der Waals surface area (Å²) < 4.78 is 0. The Morgan fingerprint density at radius 2 is 2.05 bits per heavy atom. The van der Waals surface area contributed by atoms with Gasteiger partial charge in [-0.15, -0.1) is 0 Å². The smallest absolute Gasteiger partial charge is 0.273 e. The minimum Gasteiger partial charge on any atom is -0.355 e. The molecule has 0 N–H and O–H groups in total. The van der Waals surface area contributed by atoms with Crippen molar-refractivity contribution in [2.75, 3.05) is 31.6 Å². The maximum atomic E-state index is 12.2. The molecule has 1 fully saturated rings. The second-order valence-electron chi connectivity index (χ2n) is 6.01. The summed E-state index contributed by atoms with van der Waals surface area (Å²) >= 11 is 0. The predicted octanol–water partition coefficient (Wildman–Crippen LogP) is 2.59. The summed E-state index contributed by atoms with van der Waals surface area (Å²) in [5.74, 6) is 1.63. The lowest BCUT2D eigenvalue weighted by Gasteiger charge is -2.30. The Hall–Kier alpha value is -1.65. The third-order valence-electron chi connectivity index (χ3n) is 4.16. The largest absolute Gasteiger partial charge is 0.355 e. The molecule has 2 rings (SSSR count). The van der Waals surface area contributed by atoms with Crippen molar-refractivity contribution in [1.29, 1.82) is 0 Å². The predicted molar refractivity (Wildman–Crippen MR) is 84.5 cm³/mol. The molecule has 1 amide bonds. The second-order valence-corrected chi connectivity index (χ2v) is 6.01. The molecule has 116 valence electrons. The Bertz CT molecular complexity index is 452. The van der Waals surface area contributed by atoms with Gasteiger partial charge in [0.2, 0.25) is 0 Å². The number of unbranched alkanes of at least 4 members (excludes halogenated alkanes) is 1. The van der Waals surface area contributed by atoms with Crippen LogP contribution < -0.4 is 4.90 Å². The number of hydrogen-bond acceptors (Lipinski definition) is 4. The third-order valence-corrected chi connectivity index (χ3v) is 4.16. The molecule has 0 aliphatic carbocycles. The zero-order valence-electron chi connectivity index (χ0n) is 13.4. The van der Waals surface area contributed by atoms with Gasteiger partial charge in [-0.25, -0.2) is 9.97 Å². The van der Waals surface area contributed by atoms with Gasteiger partial charge in [-0.3, -0.25) is 4.79 Å². The van der Waals surface area contributed by atoms with E-state index in [2.05, 4.69) is 28.7 Å². The summed E-state index contributed by atoms with van der Waals surface area (Å²) in [7, 11) is 1.82. The van der Waals surface area contributed by atoms with Crippen molar-refractivity contribution in [2.45, 2.75) is 39.5 Å². The molecule has 0 bridgehead atoms.